The van der Waals surface area contributed by atoms with Crippen molar-refractivity contribution in [3.8, 4) is 0 Å². The van der Waals surface area contributed by atoms with Gasteiger partial charge >= 0.3 is 0 Å². The molecule has 1 aliphatic heterocycles. The lowest BCUT2D eigenvalue weighted by atomic mass is 10.1. The molecule has 1 saturated heterocycles. The van der Waals surface area contributed by atoms with Gasteiger partial charge in [0, 0.05) is 5.92 Å². The minimum absolute atomic E-state index is 0.0729. The zero-order valence-electron chi connectivity index (χ0n) is 7.51. The molecule has 2 heteroatoms. The lowest BCUT2D eigenvalue weighted by molar-refractivity contribution is -0.202. The molecule has 0 aromatic carbocycles. The Labute approximate surface area is 68.9 Å². The Hall–Kier alpha value is -0.0800. The summed E-state index contributed by atoms with van der Waals surface area (Å²) in [5.74, 6) is 0.556. The predicted molar refractivity (Wildman–Crippen MR) is 44.4 cm³/mol. The van der Waals surface area contributed by atoms with Crippen LogP contribution in [0.4, 0.5) is 0 Å². The van der Waals surface area contributed by atoms with Crippen molar-refractivity contribution in [3.05, 3.63) is 0 Å². The first-order valence-corrected chi connectivity index (χ1v) is 4.57. The van der Waals surface area contributed by atoms with Gasteiger partial charge in [-0.2, -0.15) is 0 Å². The minimum Gasteiger partial charge on any atom is -0.352 e. The van der Waals surface area contributed by atoms with Gasteiger partial charge in [0.2, 0.25) is 0 Å². The normalized spacial score (nSPS) is 23.5. The summed E-state index contributed by atoms with van der Waals surface area (Å²) in [6.45, 7) is 6.14. The Bertz CT molecular complexity index is 97.7. The Kier molecular flexibility index (Phi) is 3.87. The van der Waals surface area contributed by atoms with Gasteiger partial charge in [-0.15, -0.1) is 0 Å². The van der Waals surface area contributed by atoms with Crippen molar-refractivity contribution in [1.82, 2.24) is 0 Å². The summed E-state index contributed by atoms with van der Waals surface area (Å²) in [6.07, 6.45) is 3.54. The van der Waals surface area contributed by atoms with Gasteiger partial charge in [0.05, 0.1) is 13.2 Å². The van der Waals surface area contributed by atoms with Crippen molar-refractivity contribution >= 4 is 0 Å². The van der Waals surface area contributed by atoms with Crippen molar-refractivity contribution in [2.75, 3.05) is 13.2 Å². The van der Waals surface area contributed by atoms with E-state index >= 15 is 0 Å². The van der Waals surface area contributed by atoms with Crippen LogP contribution in [0.25, 0.3) is 0 Å². The zero-order chi connectivity index (χ0) is 8.10. The second kappa shape index (κ2) is 4.73. The number of ether oxygens (including phenoxy) is 2. The van der Waals surface area contributed by atoms with Crippen LogP contribution >= 0.6 is 0 Å². The quantitative estimate of drug-likeness (QED) is 0.626. The Balaban J connectivity index is 2.21. The van der Waals surface area contributed by atoms with Crippen LogP contribution in [0.2, 0.25) is 0 Å². The van der Waals surface area contributed by atoms with Gasteiger partial charge in [0.25, 0.3) is 0 Å². The fourth-order valence-electron chi connectivity index (χ4n) is 1.43. The van der Waals surface area contributed by atoms with E-state index in [1.807, 2.05) is 0 Å². The fraction of sp³-hybridized carbons (Fsp3) is 1.00. The average molecular weight is 158 g/mol. The van der Waals surface area contributed by atoms with E-state index in [4.69, 9.17) is 9.47 Å². The molecule has 0 aromatic heterocycles. The molecule has 1 rings (SSSR count). The summed E-state index contributed by atoms with van der Waals surface area (Å²) in [4.78, 5) is 0. The first-order valence-electron chi connectivity index (χ1n) is 4.57. The van der Waals surface area contributed by atoms with Crippen molar-refractivity contribution in [1.29, 1.82) is 0 Å². The van der Waals surface area contributed by atoms with Gasteiger partial charge in [-0.3, -0.25) is 0 Å². The molecule has 0 radical (unpaired) electrons. The highest BCUT2D eigenvalue weighted by Gasteiger charge is 2.20. The number of hydrogen-bond acceptors (Lipinski definition) is 2. The Morgan fingerprint density at radius 1 is 1.36 bits per heavy atom. The van der Waals surface area contributed by atoms with Gasteiger partial charge in [-0.1, -0.05) is 20.3 Å². The second-order valence-corrected chi connectivity index (χ2v) is 3.23. The monoisotopic (exact) mass is 158 g/mol. The molecule has 11 heavy (non-hydrogen) atoms. The van der Waals surface area contributed by atoms with Gasteiger partial charge in [-0.25, -0.2) is 0 Å². The van der Waals surface area contributed by atoms with E-state index in [0.29, 0.717) is 5.92 Å². The molecule has 2 nitrogen and oxygen atoms in total. The van der Waals surface area contributed by atoms with E-state index in [1.54, 1.807) is 0 Å². The molecule has 0 saturated carbocycles. The number of hydrogen-bond donors (Lipinski definition) is 0. The fourth-order valence-corrected chi connectivity index (χ4v) is 1.43. The molecule has 0 aromatic rings. The highest BCUT2D eigenvalue weighted by Crippen LogP contribution is 2.18. The van der Waals surface area contributed by atoms with Crippen molar-refractivity contribution in [2.45, 2.75) is 39.4 Å². The van der Waals surface area contributed by atoms with Crippen molar-refractivity contribution in [2.24, 2.45) is 5.92 Å². The molecule has 1 fully saturated rings. The summed E-state index contributed by atoms with van der Waals surface area (Å²) >= 11 is 0. The van der Waals surface area contributed by atoms with Crippen molar-refractivity contribution in [3.63, 3.8) is 0 Å². The van der Waals surface area contributed by atoms with Crippen LogP contribution in [0.5, 0.6) is 0 Å². The molecular formula is C9H18O2. The zero-order valence-corrected chi connectivity index (χ0v) is 7.51. The van der Waals surface area contributed by atoms with Gasteiger partial charge in [0.15, 0.2) is 6.29 Å². The van der Waals surface area contributed by atoms with E-state index in [-0.39, 0.29) is 6.29 Å². The highest BCUT2D eigenvalue weighted by atomic mass is 16.7. The van der Waals surface area contributed by atoms with Crippen LogP contribution in [0.15, 0.2) is 0 Å². The van der Waals surface area contributed by atoms with Crippen LogP contribution in [0.1, 0.15) is 33.1 Å². The van der Waals surface area contributed by atoms with E-state index in [0.717, 1.165) is 19.6 Å². The molecule has 1 aliphatic rings. The van der Waals surface area contributed by atoms with E-state index in [2.05, 4.69) is 13.8 Å². The maximum absolute atomic E-state index is 5.47. The number of rotatable bonds is 3. The maximum Gasteiger partial charge on any atom is 0.160 e. The minimum atomic E-state index is 0.0729. The molecular weight excluding hydrogens is 140 g/mol. The summed E-state index contributed by atoms with van der Waals surface area (Å²) in [7, 11) is 0. The SMILES string of the molecule is CCC[C@@H](C)C1OCCCO1. The molecule has 66 valence electrons. The van der Waals surface area contributed by atoms with E-state index in [1.165, 1.54) is 12.8 Å². The van der Waals surface area contributed by atoms with E-state index in [9.17, 15) is 0 Å². The summed E-state index contributed by atoms with van der Waals surface area (Å²) in [5.41, 5.74) is 0. The van der Waals surface area contributed by atoms with E-state index < -0.39 is 0 Å². The predicted octanol–water partition coefficient (Wildman–Crippen LogP) is 2.19. The molecule has 0 unspecified atom stereocenters. The second-order valence-electron chi connectivity index (χ2n) is 3.23. The smallest absolute Gasteiger partial charge is 0.160 e. The topological polar surface area (TPSA) is 18.5 Å². The lowest BCUT2D eigenvalue weighted by Crippen LogP contribution is -2.30. The molecule has 0 bridgehead atoms. The molecule has 0 aliphatic carbocycles. The molecule has 0 N–H and O–H groups in total. The summed E-state index contributed by atoms with van der Waals surface area (Å²) in [5, 5.41) is 0. The van der Waals surface area contributed by atoms with Crippen LogP contribution < -0.4 is 0 Å². The molecule has 0 amide bonds. The molecule has 1 heterocycles. The first kappa shape index (κ1) is 9.01. The van der Waals surface area contributed by atoms with Crippen LogP contribution in [0, 0.1) is 5.92 Å². The maximum atomic E-state index is 5.47. The third-order valence-corrected chi connectivity index (χ3v) is 2.06. The summed E-state index contributed by atoms with van der Waals surface area (Å²) < 4.78 is 10.9. The van der Waals surface area contributed by atoms with Crippen molar-refractivity contribution < 1.29 is 9.47 Å². The van der Waals surface area contributed by atoms with Crippen LogP contribution in [-0.2, 0) is 9.47 Å². The third-order valence-electron chi connectivity index (χ3n) is 2.06. The Morgan fingerprint density at radius 3 is 2.55 bits per heavy atom. The molecule has 0 spiro atoms. The van der Waals surface area contributed by atoms with Gasteiger partial charge in [0.1, 0.15) is 0 Å². The first-order chi connectivity index (χ1) is 5.34. The van der Waals surface area contributed by atoms with Gasteiger partial charge < -0.3 is 9.47 Å². The van der Waals surface area contributed by atoms with Crippen LogP contribution in [-0.4, -0.2) is 19.5 Å². The summed E-state index contributed by atoms with van der Waals surface area (Å²) in [6, 6.07) is 0. The highest BCUT2D eigenvalue weighted by molar-refractivity contribution is 4.59. The lowest BCUT2D eigenvalue weighted by Gasteiger charge is -2.27. The largest absolute Gasteiger partial charge is 0.352 e. The molecule has 1 atom stereocenters. The third kappa shape index (κ3) is 2.80. The Morgan fingerprint density at radius 2 is 2.00 bits per heavy atom. The van der Waals surface area contributed by atoms with Crippen LogP contribution in [0.3, 0.4) is 0 Å². The average Bonchev–Trinajstić information content (AvgIpc) is 2.07. The standard InChI is InChI=1S/C9H18O2/c1-3-5-8(2)9-10-6-4-7-11-9/h8-9H,3-7H2,1-2H3/t8-/m1/s1. The van der Waals surface area contributed by atoms with Gasteiger partial charge in [-0.05, 0) is 12.8 Å².